The van der Waals surface area contributed by atoms with Gasteiger partial charge in [-0.3, -0.25) is 0 Å². The first-order valence-corrected chi connectivity index (χ1v) is 4.52. The van der Waals surface area contributed by atoms with Crippen LogP contribution in [0, 0.1) is 11.8 Å². The fraction of sp³-hybridized carbons (Fsp3) is 1.00. The van der Waals surface area contributed by atoms with E-state index in [4.69, 9.17) is 5.53 Å². The van der Waals surface area contributed by atoms with Gasteiger partial charge in [-0.15, -0.1) is 0 Å². The van der Waals surface area contributed by atoms with Crippen molar-refractivity contribution in [2.24, 2.45) is 17.0 Å². The molecule has 0 aromatic rings. The molecule has 0 spiro atoms. The molecule has 1 aliphatic carbocycles. The summed E-state index contributed by atoms with van der Waals surface area (Å²) in [7, 11) is 2.17. The molecule has 1 saturated carbocycles. The highest BCUT2D eigenvalue weighted by Crippen LogP contribution is 2.38. The van der Waals surface area contributed by atoms with E-state index in [0.717, 1.165) is 24.7 Å². The van der Waals surface area contributed by atoms with Gasteiger partial charge in [-0.2, -0.15) is 0 Å². The zero-order valence-corrected chi connectivity index (χ0v) is 7.35. The average molecular weight is 166 g/mol. The lowest BCUT2D eigenvalue weighted by atomic mass is 10.0. The standard InChI is InChI=1S/C8H14N4/c1-12-4-6-2-8(10-11-9)3-7(6)5-12/h6-8H,2-5H2,1H3/t6-,7+,8?. The Hall–Kier alpha value is -0.730. The highest BCUT2D eigenvalue weighted by molar-refractivity contribution is 4.94. The normalized spacial score (nSPS) is 40.9. The maximum Gasteiger partial charge on any atom is 0.0380 e. The fourth-order valence-electron chi connectivity index (χ4n) is 2.67. The van der Waals surface area contributed by atoms with Gasteiger partial charge in [-0.05, 0) is 37.3 Å². The minimum absolute atomic E-state index is 0.290. The van der Waals surface area contributed by atoms with Crippen LogP contribution in [-0.2, 0) is 0 Å². The third-order valence-electron chi connectivity index (χ3n) is 3.12. The number of hydrogen-bond acceptors (Lipinski definition) is 2. The molecule has 4 nitrogen and oxygen atoms in total. The van der Waals surface area contributed by atoms with Crippen LogP contribution in [0.5, 0.6) is 0 Å². The highest BCUT2D eigenvalue weighted by Gasteiger charge is 2.38. The van der Waals surface area contributed by atoms with E-state index in [1.165, 1.54) is 13.1 Å². The van der Waals surface area contributed by atoms with Crippen LogP contribution in [0.3, 0.4) is 0 Å². The van der Waals surface area contributed by atoms with Gasteiger partial charge < -0.3 is 4.90 Å². The largest absolute Gasteiger partial charge is 0.306 e. The van der Waals surface area contributed by atoms with Gasteiger partial charge in [-0.1, -0.05) is 5.11 Å². The van der Waals surface area contributed by atoms with Crippen LogP contribution >= 0.6 is 0 Å². The lowest BCUT2D eigenvalue weighted by Crippen LogP contribution is -2.17. The van der Waals surface area contributed by atoms with Crippen molar-refractivity contribution in [3.8, 4) is 0 Å². The molecule has 0 aromatic heterocycles. The van der Waals surface area contributed by atoms with Crippen LogP contribution in [0.1, 0.15) is 12.8 Å². The summed E-state index contributed by atoms with van der Waals surface area (Å²) in [6, 6.07) is 0.290. The Morgan fingerprint density at radius 3 is 2.42 bits per heavy atom. The van der Waals surface area contributed by atoms with Crippen LogP contribution in [0.25, 0.3) is 10.4 Å². The Morgan fingerprint density at radius 2 is 1.92 bits per heavy atom. The lowest BCUT2D eigenvalue weighted by Gasteiger charge is -2.09. The van der Waals surface area contributed by atoms with Crippen molar-refractivity contribution >= 4 is 0 Å². The van der Waals surface area contributed by atoms with E-state index >= 15 is 0 Å². The van der Waals surface area contributed by atoms with Crippen LogP contribution in [0.4, 0.5) is 0 Å². The topological polar surface area (TPSA) is 52.0 Å². The van der Waals surface area contributed by atoms with Crippen LogP contribution in [-0.4, -0.2) is 31.1 Å². The molecule has 2 rings (SSSR count). The van der Waals surface area contributed by atoms with E-state index in [1.54, 1.807) is 0 Å². The van der Waals surface area contributed by atoms with Gasteiger partial charge in [0.25, 0.3) is 0 Å². The SMILES string of the molecule is CN1C[C@H]2CC(N=[N+]=[N-])C[C@H]2C1. The molecule has 1 heterocycles. The highest BCUT2D eigenvalue weighted by atomic mass is 15.2. The number of hydrogen-bond donors (Lipinski definition) is 0. The van der Waals surface area contributed by atoms with Gasteiger partial charge in [0.1, 0.15) is 0 Å². The molecule has 1 aliphatic heterocycles. The number of azide groups is 1. The predicted molar refractivity (Wildman–Crippen MR) is 46.6 cm³/mol. The zero-order valence-electron chi connectivity index (χ0n) is 7.35. The van der Waals surface area contributed by atoms with Gasteiger partial charge in [0.05, 0.1) is 0 Å². The van der Waals surface area contributed by atoms with E-state index in [9.17, 15) is 0 Å². The van der Waals surface area contributed by atoms with E-state index in [0.29, 0.717) is 6.04 Å². The molecule has 1 unspecified atom stereocenters. The molecule has 0 bridgehead atoms. The molecule has 12 heavy (non-hydrogen) atoms. The summed E-state index contributed by atoms with van der Waals surface area (Å²) in [4.78, 5) is 5.25. The molecular formula is C8H14N4. The molecule has 0 aromatic carbocycles. The lowest BCUT2D eigenvalue weighted by molar-refractivity contribution is 0.371. The first kappa shape index (κ1) is 7.90. The minimum atomic E-state index is 0.290. The summed E-state index contributed by atoms with van der Waals surface area (Å²) in [5.41, 5.74) is 8.29. The van der Waals surface area contributed by atoms with Gasteiger partial charge in [-0.25, -0.2) is 0 Å². The second-order valence-corrected chi connectivity index (χ2v) is 4.07. The second-order valence-electron chi connectivity index (χ2n) is 4.07. The van der Waals surface area contributed by atoms with Crippen molar-refractivity contribution in [2.75, 3.05) is 20.1 Å². The van der Waals surface area contributed by atoms with Crippen molar-refractivity contribution in [1.29, 1.82) is 0 Å². The van der Waals surface area contributed by atoms with E-state index in [1.807, 2.05) is 0 Å². The van der Waals surface area contributed by atoms with Crippen molar-refractivity contribution < 1.29 is 0 Å². The van der Waals surface area contributed by atoms with Gasteiger partial charge in [0.2, 0.25) is 0 Å². The monoisotopic (exact) mass is 166 g/mol. The van der Waals surface area contributed by atoms with Gasteiger partial charge in [0.15, 0.2) is 0 Å². The molecule has 1 saturated heterocycles. The predicted octanol–water partition coefficient (Wildman–Crippen LogP) is 1.64. The van der Waals surface area contributed by atoms with E-state index in [2.05, 4.69) is 22.0 Å². The Morgan fingerprint density at radius 1 is 1.33 bits per heavy atom. The Labute approximate surface area is 72.2 Å². The van der Waals surface area contributed by atoms with Crippen molar-refractivity contribution in [1.82, 2.24) is 4.90 Å². The third-order valence-corrected chi connectivity index (χ3v) is 3.12. The van der Waals surface area contributed by atoms with Gasteiger partial charge in [0, 0.05) is 24.0 Å². The van der Waals surface area contributed by atoms with Crippen molar-refractivity contribution in [2.45, 2.75) is 18.9 Å². The maximum atomic E-state index is 8.29. The fourth-order valence-corrected chi connectivity index (χ4v) is 2.67. The smallest absolute Gasteiger partial charge is 0.0380 e. The molecule has 0 amide bonds. The number of fused-ring (bicyclic) bond motifs is 1. The summed E-state index contributed by atoms with van der Waals surface area (Å²) < 4.78 is 0. The first-order chi connectivity index (χ1) is 5.79. The number of likely N-dealkylation sites (tertiary alicyclic amines) is 1. The number of rotatable bonds is 1. The Balaban J connectivity index is 1.97. The van der Waals surface area contributed by atoms with Gasteiger partial charge >= 0.3 is 0 Å². The molecule has 2 fully saturated rings. The molecule has 2 aliphatic rings. The summed E-state index contributed by atoms with van der Waals surface area (Å²) in [5, 5.41) is 3.79. The summed E-state index contributed by atoms with van der Waals surface area (Å²) in [6.07, 6.45) is 2.22. The van der Waals surface area contributed by atoms with Crippen molar-refractivity contribution in [3.63, 3.8) is 0 Å². The molecule has 3 atom stereocenters. The van der Waals surface area contributed by atoms with Crippen molar-refractivity contribution in [3.05, 3.63) is 10.4 Å². The molecule has 4 heteroatoms. The Bertz CT molecular complexity index is 207. The summed E-state index contributed by atoms with van der Waals surface area (Å²) in [6.45, 7) is 2.39. The van der Waals surface area contributed by atoms with E-state index in [-0.39, 0.29) is 0 Å². The maximum absolute atomic E-state index is 8.29. The first-order valence-electron chi connectivity index (χ1n) is 4.52. The third kappa shape index (κ3) is 1.28. The second kappa shape index (κ2) is 2.96. The van der Waals surface area contributed by atoms with Crippen LogP contribution in [0.15, 0.2) is 5.11 Å². The van der Waals surface area contributed by atoms with Crippen LogP contribution in [0.2, 0.25) is 0 Å². The summed E-state index contributed by atoms with van der Waals surface area (Å²) >= 11 is 0. The molecule has 66 valence electrons. The summed E-state index contributed by atoms with van der Waals surface area (Å²) in [5.74, 6) is 1.59. The quantitative estimate of drug-likeness (QED) is 0.332. The van der Waals surface area contributed by atoms with E-state index < -0.39 is 0 Å². The number of nitrogens with zero attached hydrogens (tertiary/aromatic N) is 4. The zero-order chi connectivity index (χ0) is 8.55. The Kier molecular flexibility index (Phi) is 1.95. The molecular weight excluding hydrogens is 152 g/mol. The molecule has 0 radical (unpaired) electrons. The molecule has 0 N–H and O–H groups in total. The average Bonchev–Trinajstić information content (AvgIpc) is 2.44. The minimum Gasteiger partial charge on any atom is -0.306 e. The van der Waals surface area contributed by atoms with Crippen LogP contribution < -0.4 is 0 Å².